The maximum absolute atomic E-state index is 12.4. The third-order valence-electron chi connectivity index (χ3n) is 3.77. The molecule has 0 spiro atoms. The number of thiophene rings is 1. The molecule has 0 saturated heterocycles. The molecule has 1 aliphatic rings. The second-order valence-electron chi connectivity index (χ2n) is 5.33. The van der Waals surface area contributed by atoms with Crippen molar-refractivity contribution in [3.8, 4) is 10.6 Å². The van der Waals surface area contributed by atoms with Gasteiger partial charge in [0.25, 0.3) is 5.91 Å². The molecule has 2 aromatic rings. The second-order valence-corrected chi connectivity index (χ2v) is 6.42. The normalized spacial score (nSPS) is 25.0. The first-order chi connectivity index (χ1) is 10.1. The summed E-state index contributed by atoms with van der Waals surface area (Å²) in [7, 11) is 0. The van der Waals surface area contributed by atoms with Crippen LogP contribution in [0.1, 0.15) is 29.9 Å². The van der Waals surface area contributed by atoms with E-state index in [0.29, 0.717) is 10.8 Å². The van der Waals surface area contributed by atoms with Crippen molar-refractivity contribution in [3.63, 3.8) is 0 Å². The van der Waals surface area contributed by atoms with Gasteiger partial charge in [-0.1, -0.05) is 12.1 Å². The van der Waals surface area contributed by atoms with Crippen molar-refractivity contribution in [2.24, 2.45) is 10.9 Å². The number of hydrogen-bond acceptors (Lipinski definition) is 5. The second kappa shape index (κ2) is 5.81. The van der Waals surface area contributed by atoms with Gasteiger partial charge in [0.15, 0.2) is 0 Å². The summed E-state index contributed by atoms with van der Waals surface area (Å²) in [5.74, 6) is 0.354. The third kappa shape index (κ3) is 2.90. The van der Waals surface area contributed by atoms with Crippen molar-refractivity contribution >= 4 is 23.5 Å². The van der Waals surface area contributed by atoms with Crippen LogP contribution in [0.5, 0.6) is 0 Å². The van der Waals surface area contributed by atoms with Crippen LogP contribution in [0.25, 0.3) is 10.6 Å². The number of aliphatic imine (C=N–C) groups is 1. The first-order valence-electron chi connectivity index (χ1n) is 6.98. The summed E-state index contributed by atoms with van der Waals surface area (Å²) in [6.45, 7) is 4.17. The molecule has 0 fully saturated rings. The average Bonchev–Trinajstić information content (AvgIpc) is 3.12. The Labute approximate surface area is 127 Å². The largest absolute Gasteiger partial charge is 0.364 e. The molecule has 1 N–H and O–H groups in total. The molecular formula is C15H17N3O2S. The predicted molar refractivity (Wildman–Crippen MR) is 82.8 cm³/mol. The molecular weight excluding hydrogens is 286 g/mol. The number of nitrogens with one attached hydrogen (secondary N) is 1. The molecule has 5 nitrogen and oxygen atoms in total. The van der Waals surface area contributed by atoms with Crippen molar-refractivity contribution in [1.29, 1.82) is 0 Å². The minimum Gasteiger partial charge on any atom is -0.364 e. The molecule has 0 bridgehead atoms. The Morgan fingerprint density at radius 1 is 1.38 bits per heavy atom. The summed E-state index contributed by atoms with van der Waals surface area (Å²) >= 11 is 1.42. The Balaban J connectivity index is 1.72. The Kier molecular flexibility index (Phi) is 3.88. The minimum absolute atomic E-state index is 0.0458. The van der Waals surface area contributed by atoms with E-state index in [4.69, 9.17) is 4.52 Å². The summed E-state index contributed by atoms with van der Waals surface area (Å²) in [6.07, 6.45) is 4.38. The van der Waals surface area contributed by atoms with E-state index in [9.17, 15) is 4.79 Å². The van der Waals surface area contributed by atoms with E-state index >= 15 is 0 Å². The monoisotopic (exact) mass is 303 g/mol. The van der Waals surface area contributed by atoms with Crippen LogP contribution in [0.2, 0.25) is 0 Å². The molecule has 3 rings (SSSR count). The molecule has 0 aliphatic carbocycles. The number of amides is 1. The fourth-order valence-corrected chi connectivity index (χ4v) is 3.40. The number of nitrogens with zero attached hydrogens (tertiary/aromatic N) is 2. The van der Waals surface area contributed by atoms with E-state index in [1.54, 1.807) is 6.07 Å². The first-order valence-corrected chi connectivity index (χ1v) is 7.80. The Morgan fingerprint density at radius 3 is 2.95 bits per heavy atom. The molecule has 21 heavy (non-hydrogen) atoms. The van der Waals surface area contributed by atoms with Crippen molar-refractivity contribution < 1.29 is 9.32 Å². The lowest BCUT2D eigenvalue weighted by Crippen LogP contribution is -2.47. The van der Waals surface area contributed by atoms with Crippen LogP contribution < -0.4 is 5.32 Å². The fourth-order valence-electron chi connectivity index (χ4n) is 2.53. The van der Waals surface area contributed by atoms with Crippen molar-refractivity contribution in [2.75, 3.05) is 0 Å². The fraction of sp³-hybridized carbons (Fsp3) is 0.400. The summed E-state index contributed by atoms with van der Waals surface area (Å²) in [4.78, 5) is 18.4. The molecule has 0 aromatic carbocycles. The lowest BCUT2D eigenvalue weighted by molar-refractivity contribution is 0.0920. The molecule has 2 aromatic heterocycles. The standard InChI is InChI=1S/C15H17N3O2S/c1-9-5-7-16-10(2)14(9)17-15(19)13-4-3-12(21-13)11-6-8-20-18-11/h3-4,6-10,14H,5H2,1-2H3,(H,17,19). The first kappa shape index (κ1) is 14.0. The summed E-state index contributed by atoms with van der Waals surface area (Å²) in [5.41, 5.74) is 0.753. The number of carbonyl (C=O) groups is 1. The van der Waals surface area contributed by atoms with Gasteiger partial charge in [-0.2, -0.15) is 0 Å². The number of carbonyl (C=O) groups excluding carboxylic acids is 1. The van der Waals surface area contributed by atoms with Gasteiger partial charge in [0.2, 0.25) is 0 Å². The zero-order chi connectivity index (χ0) is 14.8. The topological polar surface area (TPSA) is 67.5 Å². The quantitative estimate of drug-likeness (QED) is 0.947. The molecule has 3 heterocycles. The number of rotatable bonds is 3. The van der Waals surface area contributed by atoms with E-state index in [1.807, 2.05) is 25.3 Å². The van der Waals surface area contributed by atoms with Gasteiger partial charge in [0.1, 0.15) is 12.0 Å². The lowest BCUT2D eigenvalue weighted by Gasteiger charge is -2.30. The van der Waals surface area contributed by atoms with Gasteiger partial charge in [-0.25, -0.2) is 0 Å². The van der Waals surface area contributed by atoms with Gasteiger partial charge >= 0.3 is 0 Å². The van der Waals surface area contributed by atoms with Crippen LogP contribution in [0.4, 0.5) is 0 Å². The molecule has 1 aliphatic heterocycles. The zero-order valence-corrected chi connectivity index (χ0v) is 12.8. The Bertz CT molecular complexity index is 648. The van der Waals surface area contributed by atoms with Crippen LogP contribution in [0.15, 0.2) is 34.0 Å². The highest BCUT2D eigenvalue weighted by atomic mass is 32.1. The van der Waals surface area contributed by atoms with Gasteiger partial charge in [-0.15, -0.1) is 11.3 Å². The van der Waals surface area contributed by atoms with Crippen LogP contribution in [-0.4, -0.2) is 29.4 Å². The summed E-state index contributed by atoms with van der Waals surface area (Å²) < 4.78 is 4.83. The zero-order valence-electron chi connectivity index (χ0n) is 11.9. The highest BCUT2D eigenvalue weighted by molar-refractivity contribution is 7.17. The smallest absolute Gasteiger partial charge is 0.261 e. The minimum atomic E-state index is -0.0458. The Hall–Kier alpha value is -1.95. The van der Waals surface area contributed by atoms with E-state index < -0.39 is 0 Å². The predicted octanol–water partition coefficient (Wildman–Crippen LogP) is 3.00. The average molecular weight is 303 g/mol. The molecule has 6 heteroatoms. The van der Waals surface area contributed by atoms with Gasteiger partial charge in [-0.3, -0.25) is 9.79 Å². The van der Waals surface area contributed by atoms with E-state index in [-0.39, 0.29) is 18.0 Å². The van der Waals surface area contributed by atoms with Crippen molar-refractivity contribution in [1.82, 2.24) is 10.5 Å². The maximum atomic E-state index is 12.4. The van der Waals surface area contributed by atoms with Gasteiger partial charge in [-0.05, 0) is 37.6 Å². The van der Waals surface area contributed by atoms with E-state index in [1.165, 1.54) is 17.6 Å². The summed E-state index contributed by atoms with van der Waals surface area (Å²) in [5, 5.41) is 6.99. The van der Waals surface area contributed by atoms with Crippen LogP contribution in [0.3, 0.4) is 0 Å². The molecule has 1 amide bonds. The SMILES string of the molecule is CC1CC=NC(C)C1NC(=O)c1ccc(-c2ccon2)s1. The Morgan fingerprint density at radius 2 is 2.24 bits per heavy atom. The maximum Gasteiger partial charge on any atom is 0.261 e. The molecule has 0 saturated carbocycles. The number of aromatic nitrogens is 1. The van der Waals surface area contributed by atoms with E-state index in [0.717, 1.165) is 17.0 Å². The lowest BCUT2D eigenvalue weighted by atomic mass is 9.91. The highest BCUT2D eigenvalue weighted by Gasteiger charge is 2.27. The molecule has 110 valence electrons. The highest BCUT2D eigenvalue weighted by Crippen LogP contribution is 2.27. The van der Waals surface area contributed by atoms with Gasteiger partial charge in [0, 0.05) is 6.07 Å². The van der Waals surface area contributed by atoms with Crippen LogP contribution in [-0.2, 0) is 0 Å². The van der Waals surface area contributed by atoms with Crippen LogP contribution >= 0.6 is 11.3 Å². The van der Waals surface area contributed by atoms with Crippen molar-refractivity contribution in [2.45, 2.75) is 32.4 Å². The molecule has 3 unspecified atom stereocenters. The van der Waals surface area contributed by atoms with Gasteiger partial charge in [0.05, 0.1) is 21.8 Å². The van der Waals surface area contributed by atoms with E-state index in [2.05, 4.69) is 22.4 Å². The van der Waals surface area contributed by atoms with Crippen LogP contribution in [0, 0.1) is 5.92 Å². The third-order valence-corrected chi connectivity index (χ3v) is 4.87. The molecule has 3 atom stereocenters. The molecule has 0 radical (unpaired) electrons. The number of hydrogen-bond donors (Lipinski definition) is 1. The van der Waals surface area contributed by atoms with Gasteiger partial charge < -0.3 is 9.84 Å². The summed E-state index contributed by atoms with van der Waals surface area (Å²) in [6, 6.07) is 5.70. The van der Waals surface area contributed by atoms with Crippen molar-refractivity contribution in [3.05, 3.63) is 29.3 Å².